The van der Waals surface area contributed by atoms with Crippen LogP contribution in [-0.4, -0.2) is 23.9 Å². The van der Waals surface area contributed by atoms with Gasteiger partial charge in [-0.3, -0.25) is 9.59 Å². The number of carbonyl (C=O) groups excluding carboxylic acids is 2. The van der Waals surface area contributed by atoms with E-state index in [0.717, 1.165) is 38.2 Å². The van der Waals surface area contributed by atoms with Crippen molar-refractivity contribution in [1.82, 2.24) is 5.32 Å². The Kier molecular flexibility index (Phi) is 6.97. The van der Waals surface area contributed by atoms with Crippen molar-refractivity contribution in [2.45, 2.75) is 50.7 Å². The molecule has 1 saturated carbocycles. The monoisotopic (exact) mass is 359 g/mol. The molecule has 1 aliphatic carbocycles. The van der Waals surface area contributed by atoms with Gasteiger partial charge in [-0.15, -0.1) is 11.6 Å². The first kappa shape index (κ1) is 18.6. The Balaban J connectivity index is 2.07. The lowest BCUT2D eigenvalue weighted by atomic mass is 9.97. The van der Waals surface area contributed by atoms with Crippen molar-refractivity contribution >= 4 is 23.5 Å². The second-order valence-electron chi connectivity index (χ2n) is 5.87. The Bertz CT molecular complexity index is 591. The number of rotatable bonds is 6. The molecule has 1 atom stereocenters. The molecule has 1 aliphatic rings. The molecule has 0 aliphatic heterocycles. The average Bonchev–Trinajstić information content (AvgIpc) is 2.55. The second kappa shape index (κ2) is 8.97. The highest BCUT2D eigenvalue weighted by atomic mass is 35.5. The van der Waals surface area contributed by atoms with Gasteiger partial charge in [0, 0.05) is 11.6 Å². The third-order valence-corrected chi connectivity index (χ3v) is 4.26. The summed E-state index contributed by atoms with van der Waals surface area (Å²) in [5.74, 6) is -2.96. The van der Waals surface area contributed by atoms with Crippen LogP contribution in [0.25, 0.3) is 0 Å². The van der Waals surface area contributed by atoms with E-state index in [0.29, 0.717) is 6.07 Å². The van der Waals surface area contributed by atoms with E-state index in [2.05, 4.69) is 5.32 Å². The minimum Gasteiger partial charge on any atom is -0.462 e. The Morgan fingerprint density at radius 3 is 2.58 bits per heavy atom. The van der Waals surface area contributed by atoms with Gasteiger partial charge in [-0.05, 0) is 31.7 Å². The van der Waals surface area contributed by atoms with E-state index in [9.17, 15) is 18.4 Å². The summed E-state index contributed by atoms with van der Waals surface area (Å²) in [5, 5.41) is 2.48. The quantitative estimate of drug-likeness (QED) is 0.623. The first-order valence-corrected chi connectivity index (χ1v) is 8.53. The van der Waals surface area contributed by atoms with Crippen molar-refractivity contribution in [1.29, 1.82) is 0 Å². The number of hydrogen-bond acceptors (Lipinski definition) is 3. The molecule has 1 unspecified atom stereocenters. The van der Waals surface area contributed by atoms with Gasteiger partial charge < -0.3 is 10.1 Å². The van der Waals surface area contributed by atoms with Crippen LogP contribution in [0.5, 0.6) is 0 Å². The first-order valence-electron chi connectivity index (χ1n) is 7.99. The van der Waals surface area contributed by atoms with E-state index in [1.165, 1.54) is 6.07 Å². The van der Waals surface area contributed by atoms with Crippen molar-refractivity contribution in [3.05, 3.63) is 35.4 Å². The summed E-state index contributed by atoms with van der Waals surface area (Å²) < 4.78 is 32.5. The fraction of sp³-hybridized carbons (Fsp3) is 0.529. The number of hydrogen-bond donors (Lipinski definition) is 1. The molecule has 7 heteroatoms. The molecule has 0 radical (unpaired) electrons. The smallest absolute Gasteiger partial charge is 0.308 e. The van der Waals surface area contributed by atoms with E-state index in [1.807, 2.05) is 0 Å². The highest BCUT2D eigenvalue weighted by Gasteiger charge is 2.25. The zero-order valence-electron chi connectivity index (χ0n) is 13.2. The van der Waals surface area contributed by atoms with Crippen LogP contribution in [0.1, 0.15) is 50.1 Å². The largest absolute Gasteiger partial charge is 0.462 e. The van der Waals surface area contributed by atoms with Gasteiger partial charge in [0.25, 0.3) is 0 Å². The molecule has 4 nitrogen and oxygen atoms in total. The molecule has 1 aromatic rings. The lowest BCUT2D eigenvalue weighted by Crippen LogP contribution is -2.33. The summed E-state index contributed by atoms with van der Waals surface area (Å²) in [6.45, 7) is 0. The molecule has 0 heterocycles. The molecule has 2 rings (SSSR count). The number of carbonyl (C=O) groups is 2. The van der Waals surface area contributed by atoms with Gasteiger partial charge in [0.2, 0.25) is 5.91 Å². The van der Waals surface area contributed by atoms with E-state index in [4.69, 9.17) is 16.3 Å². The molecule has 1 N–H and O–H groups in total. The zero-order chi connectivity index (χ0) is 17.5. The maximum Gasteiger partial charge on any atom is 0.308 e. The highest BCUT2D eigenvalue weighted by molar-refractivity contribution is 6.27. The fourth-order valence-electron chi connectivity index (χ4n) is 2.84. The zero-order valence-corrected chi connectivity index (χ0v) is 14.0. The van der Waals surface area contributed by atoms with E-state index < -0.39 is 29.6 Å². The van der Waals surface area contributed by atoms with Gasteiger partial charge in [0.1, 0.15) is 23.6 Å². The number of amides is 1. The van der Waals surface area contributed by atoms with Crippen LogP contribution in [-0.2, 0) is 14.3 Å². The summed E-state index contributed by atoms with van der Waals surface area (Å²) in [6, 6.07) is 2.04. The number of alkyl halides is 1. The van der Waals surface area contributed by atoms with Crippen molar-refractivity contribution in [2.75, 3.05) is 5.88 Å². The Labute approximate surface area is 144 Å². The first-order chi connectivity index (χ1) is 11.5. The minimum atomic E-state index is -0.951. The number of halogens is 3. The number of esters is 1. The Morgan fingerprint density at radius 1 is 1.25 bits per heavy atom. The van der Waals surface area contributed by atoms with Crippen LogP contribution < -0.4 is 5.32 Å². The fourth-order valence-corrected chi connectivity index (χ4v) is 2.92. The number of nitrogens with one attached hydrogen (secondary N) is 1. The molecule has 1 fully saturated rings. The lowest BCUT2D eigenvalue weighted by molar-refractivity contribution is -0.151. The van der Waals surface area contributed by atoms with Crippen LogP contribution in [0, 0.1) is 11.6 Å². The maximum absolute atomic E-state index is 14.0. The number of benzene rings is 1. The van der Waals surface area contributed by atoms with Gasteiger partial charge in [0.05, 0.1) is 12.5 Å². The predicted molar refractivity (Wildman–Crippen MR) is 85.5 cm³/mol. The molecule has 24 heavy (non-hydrogen) atoms. The molecule has 132 valence electrons. The van der Waals surface area contributed by atoms with Crippen LogP contribution in [0.2, 0.25) is 0 Å². The van der Waals surface area contributed by atoms with Crippen molar-refractivity contribution in [3.63, 3.8) is 0 Å². The summed E-state index contributed by atoms with van der Waals surface area (Å²) >= 11 is 5.46. The molecule has 0 saturated heterocycles. The van der Waals surface area contributed by atoms with Gasteiger partial charge in [-0.25, -0.2) is 8.78 Å². The second-order valence-corrected chi connectivity index (χ2v) is 6.14. The van der Waals surface area contributed by atoms with E-state index >= 15 is 0 Å². The maximum atomic E-state index is 14.0. The standard InChI is InChI=1S/C17H20ClF2NO3/c18-10-16(22)21-15(13-7-6-11(19)8-14(13)20)9-17(23)24-12-4-2-1-3-5-12/h6-8,12,15H,1-5,9-10H2,(H,21,22). The molecule has 0 bridgehead atoms. The molecule has 0 aromatic heterocycles. The number of ether oxygens (including phenoxy) is 1. The molecular formula is C17H20ClF2NO3. The van der Waals surface area contributed by atoms with Crippen LogP contribution in [0.15, 0.2) is 18.2 Å². The molecular weight excluding hydrogens is 340 g/mol. The van der Waals surface area contributed by atoms with E-state index in [1.54, 1.807) is 0 Å². The average molecular weight is 360 g/mol. The summed E-state index contributed by atoms with van der Waals surface area (Å²) in [4.78, 5) is 23.7. The van der Waals surface area contributed by atoms with Crippen LogP contribution >= 0.6 is 11.6 Å². The third kappa shape index (κ3) is 5.44. The normalized spacial score (nSPS) is 16.5. The Morgan fingerprint density at radius 2 is 1.96 bits per heavy atom. The minimum absolute atomic E-state index is 0.0236. The molecule has 1 amide bonds. The summed E-state index contributed by atoms with van der Waals surface area (Å²) in [6.07, 6.45) is 4.41. The van der Waals surface area contributed by atoms with Crippen LogP contribution in [0.4, 0.5) is 8.78 Å². The summed E-state index contributed by atoms with van der Waals surface area (Å²) in [7, 11) is 0. The van der Waals surface area contributed by atoms with Gasteiger partial charge in [-0.1, -0.05) is 12.5 Å². The van der Waals surface area contributed by atoms with Gasteiger partial charge in [0.15, 0.2) is 0 Å². The topological polar surface area (TPSA) is 55.4 Å². The SMILES string of the molecule is O=C(CCl)NC(CC(=O)OC1CCCCC1)c1ccc(F)cc1F. The molecule has 1 aromatic carbocycles. The lowest BCUT2D eigenvalue weighted by Gasteiger charge is -2.24. The van der Waals surface area contributed by atoms with Crippen LogP contribution in [0.3, 0.4) is 0 Å². The molecule has 0 spiro atoms. The third-order valence-electron chi connectivity index (χ3n) is 4.02. The van der Waals surface area contributed by atoms with Crippen molar-refractivity contribution in [3.8, 4) is 0 Å². The highest BCUT2D eigenvalue weighted by Crippen LogP contribution is 2.24. The van der Waals surface area contributed by atoms with Gasteiger partial charge in [-0.2, -0.15) is 0 Å². The van der Waals surface area contributed by atoms with E-state index in [-0.39, 0.29) is 24.0 Å². The predicted octanol–water partition coefficient (Wildman–Crippen LogP) is 3.63. The summed E-state index contributed by atoms with van der Waals surface area (Å²) in [5.41, 5.74) is 0.0236. The Hall–Kier alpha value is -1.69. The van der Waals surface area contributed by atoms with Crippen molar-refractivity contribution in [2.24, 2.45) is 0 Å². The van der Waals surface area contributed by atoms with Gasteiger partial charge >= 0.3 is 5.97 Å². The van der Waals surface area contributed by atoms with Crippen molar-refractivity contribution < 1.29 is 23.1 Å².